The minimum Gasteiger partial charge on any atom is -0.203 e. The molecule has 0 radical (unpaired) electrons. The molecule has 1 rings (SSSR count). The van der Waals surface area contributed by atoms with Crippen molar-refractivity contribution in [3.05, 3.63) is 41.0 Å². The molecule has 0 amide bonds. The van der Waals surface area contributed by atoms with Crippen LogP contribution in [0.4, 0.5) is 30.7 Å². The van der Waals surface area contributed by atoms with Gasteiger partial charge in [-0.15, -0.1) is 0 Å². The van der Waals surface area contributed by atoms with E-state index in [1.165, 1.54) is 0 Å². The van der Waals surface area contributed by atoms with E-state index in [9.17, 15) is 30.7 Å². The third-order valence-electron chi connectivity index (χ3n) is 1.78. The zero-order valence-corrected chi connectivity index (χ0v) is 7.43. The number of benzene rings is 1. The van der Waals surface area contributed by atoms with Crippen LogP contribution < -0.4 is 0 Å². The molecule has 0 saturated carbocycles. The summed E-state index contributed by atoms with van der Waals surface area (Å²) in [5.74, 6) is -9.22. The lowest BCUT2D eigenvalue weighted by Gasteiger charge is -2.12. The van der Waals surface area contributed by atoms with Gasteiger partial charge in [0.05, 0.1) is 5.56 Å². The molecule has 0 aromatic heterocycles. The molecule has 0 fully saturated rings. The maximum atomic E-state index is 12.9. The smallest absolute Gasteiger partial charge is 0.203 e. The van der Waals surface area contributed by atoms with Crippen molar-refractivity contribution in [2.45, 2.75) is 6.18 Å². The van der Waals surface area contributed by atoms with Gasteiger partial charge in [0.2, 0.25) is 0 Å². The summed E-state index contributed by atoms with van der Waals surface area (Å²) in [4.78, 5) is 0. The maximum Gasteiger partial charge on any atom is 0.422 e. The van der Waals surface area contributed by atoms with Crippen LogP contribution in [0, 0.1) is 23.3 Å². The van der Waals surface area contributed by atoms with Gasteiger partial charge in [0.25, 0.3) is 0 Å². The highest BCUT2D eigenvalue weighted by molar-refractivity contribution is 5.50. The number of halogens is 7. The molecule has 1 aromatic rings. The standard InChI is InChI=1S/C9H3F7/c1-2-3-5(10)7(12)4(9(14,15)16)8(13)6(3)11/h2H,1H2. The third kappa shape index (κ3) is 1.77. The van der Waals surface area contributed by atoms with Crippen LogP contribution in [0.3, 0.4) is 0 Å². The normalized spacial score (nSPS) is 11.7. The summed E-state index contributed by atoms with van der Waals surface area (Å²) in [6, 6.07) is 0. The van der Waals surface area contributed by atoms with Crippen molar-refractivity contribution >= 4 is 6.08 Å². The molecular weight excluding hydrogens is 241 g/mol. The monoisotopic (exact) mass is 244 g/mol. The Morgan fingerprint density at radius 1 is 0.812 bits per heavy atom. The van der Waals surface area contributed by atoms with Crippen LogP contribution in [-0.4, -0.2) is 0 Å². The molecule has 0 aliphatic carbocycles. The van der Waals surface area contributed by atoms with E-state index in [1.807, 2.05) is 0 Å². The fourth-order valence-corrected chi connectivity index (χ4v) is 1.08. The summed E-state index contributed by atoms with van der Waals surface area (Å²) in [7, 11) is 0. The van der Waals surface area contributed by atoms with E-state index in [0.717, 1.165) is 0 Å². The van der Waals surface area contributed by atoms with Crippen molar-refractivity contribution in [1.29, 1.82) is 0 Å². The predicted octanol–water partition coefficient (Wildman–Crippen LogP) is 3.90. The highest BCUT2D eigenvalue weighted by atomic mass is 19.4. The van der Waals surface area contributed by atoms with Gasteiger partial charge in [-0.3, -0.25) is 0 Å². The lowest BCUT2D eigenvalue weighted by molar-refractivity contribution is -0.143. The highest BCUT2D eigenvalue weighted by Gasteiger charge is 2.41. The quantitative estimate of drug-likeness (QED) is 0.519. The van der Waals surface area contributed by atoms with Gasteiger partial charge in [-0.05, 0) is 0 Å². The molecule has 0 N–H and O–H groups in total. The van der Waals surface area contributed by atoms with E-state index in [-0.39, 0.29) is 0 Å². The van der Waals surface area contributed by atoms with Gasteiger partial charge >= 0.3 is 6.18 Å². The third-order valence-corrected chi connectivity index (χ3v) is 1.78. The summed E-state index contributed by atoms with van der Waals surface area (Å²) in [5.41, 5.74) is -3.86. The Morgan fingerprint density at radius 3 is 1.44 bits per heavy atom. The van der Waals surface area contributed by atoms with E-state index in [1.54, 1.807) is 0 Å². The SMILES string of the molecule is C=Cc1c(F)c(F)c(C(F)(F)F)c(F)c1F. The minimum atomic E-state index is -5.52. The van der Waals surface area contributed by atoms with Crippen molar-refractivity contribution in [3.63, 3.8) is 0 Å². The summed E-state index contributed by atoms with van der Waals surface area (Å²) in [5, 5.41) is 0. The van der Waals surface area contributed by atoms with Crippen LogP contribution in [0.5, 0.6) is 0 Å². The van der Waals surface area contributed by atoms with Crippen LogP contribution >= 0.6 is 0 Å². The van der Waals surface area contributed by atoms with E-state index >= 15 is 0 Å². The fourth-order valence-electron chi connectivity index (χ4n) is 1.08. The molecular formula is C9H3F7. The van der Waals surface area contributed by atoms with Crippen LogP contribution in [0.15, 0.2) is 6.58 Å². The molecule has 0 nitrogen and oxygen atoms in total. The lowest BCUT2D eigenvalue weighted by Crippen LogP contribution is -2.16. The van der Waals surface area contributed by atoms with Crippen molar-refractivity contribution < 1.29 is 30.7 Å². The first-order chi connectivity index (χ1) is 7.21. The predicted molar refractivity (Wildman–Crippen MR) is 41.4 cm³/mol. The minimum absolute atomic E-state index is 0.386. The Kier molecular flexibility index (Phi) is 2.98. The van der Waals surface area contributed by atoms with Gasteiger partial charge in [0.15, 0.2) is 23.3 Å². The second kappa shape index (κ2) is 3.80. The Balaban J connectivity index is 3.74. The Morgan fingerprint density at radius 2 is 1.19 bits per heavy atom. The highest BCUT2D eigenvalue weighted by Crippen LogP contribution is 2.36. The average Bonchev–Trinajstić information content (AvgIpc) is 2.14. The second-order valence-electron chi connectivity index (χ2n) is 2.75. The van der Waals surface area contributed by atoms with Crippen molar-refractivity contribution in [2.24, 2.45) is 0 Å². The summed E-state index contributed by atoms with van der Waals surface area (Å²) < 4.78 is 87.6. The molecule has 7 heteroatoms. The molecule has 0 spiro atoms. The summed E-state index contributed by atoms with van der Waals surface area (Å²) >= 11 is 0. The Labute approximate surface area is 85.0 Å². The molecule has 0 aliphatic rings. The Hall–Kier alpha value is -1.53. The second-order valence-corrected chi connectivity index (χ2v) is 2.75. The number of hydrogen-bond acceptors (Lipinski definition) is 0. The average molecular weight is 244 g/mol. The maximum absolute atomic E-state index is 12.9. The summed E-state index contributed by atoms with van der Waals surface area (Å²) in [6.45, 7) is 2.83. The summed E-state index contributed by atoms with van der Waals surface area (Å²) in [6.07, 6.45) is -5.13. The van der Waals surface area contributed by atoms with Crippen LogP contribution in [0.2, 0.25) is 0 Å². The van der Waals surface area contributed by atoms with Gasteiger partial charge in [0, 0.05) is 0 Å². The van der Waals surface area contributed by atoms with E-state index in [2.05, 4.69) is 6.58 Å². The zero-order valence-electron chi connectivity index (χ0n) is 7.43. The van der Waals surface area contributed by atoms with Crippen molar-refractivity contribution in [3.8, 4) is 0 Å². The molecule has 88 valence electrons. The fraction of sp³-hybridized carbons (Fsp3) is 0.111. The van der Waals surface area contributed by atoms with Crippen LogP contribution in [-0.2, 0) is 6.18 Å². The molecule has 0 atom stereocenters. The first kappa shape index (κ1) is 12.5. The molecule has 0 unspecified atom stereocenters. The topological polar surface area (TPSA) is 0 Å². The van der Waals surface area contributed by atoms with Crippen molar-refractivity contribution in [2.75, 3.05) is 0 Å². The molecule has 16 heavy (non-hydrogen) atoms. The number of alkyl halides is 3. The molecule has 0 aliphatic heterocycles. The van der Waals surface area contributed by atoms with Crippen LogP contribution in [0.25, 0.3) is 6.08 Å². The lowest BCUT2D eigenvalue weighted by atomic mass is 10.1. The zero-order chi connectivity index (χ0) is 12.7. The van der Waals surface area contributed by atoms with Gasteiger partial charge < -0.3 is 0 Å². The number of rotatable bonds is 1. The van der Waals surface area contributed by atoms with Crippen molar-refractivity contribution in [1.82, 2.24) is 0 Å². The van der Waals surface area contributed by atoms with E-state index in [0.29, 0.717) is 6.08 Å². The first-order valence-electron chi connectivity index (χ1n) is 3.77. The van der Waals surface area contributed by atoms with Crippen LogP contribution in [0.1, 0.15) is 11.1 Å². The van der Waals surface area contributed by atoms with Gasteiger partial charge in [-0.2, -0.15) is 13.2 Å². The molecule has 0 bridgehead atoms. The van der Waals surface area contributed by atoms with Gasteiger partial charge in [-0.25, -0.2) is 17.6 Å². The molecule has 1 aromatic carbocycles. The Bertz CT molecular complexity index is 415. The first-order valence-corrected chi connectivity index (χ1v) is 3.77. The van der Waals surface area contributed by atoms with E-state index < -0.39 is 40.6 Å². The largest absolute Gasteiger partial charge is 0.422 e. The van der Waals surface area contributed by atoms with Gasteiger partial charge in [0.1, 0.15) is 5.56 Å². The molecule has 0 heterocycles. The van der Waals surface area contributed by atoms with Gasteiger partial charge in [-0.1, -0.05) is 12.7 Å². The molecule has 0 saturated heterocycles. The number of hydrogen-bond donors (Lipinski definition) is 0. The van der Waals surface area contributed by atoms with E-state index in [4.69, 9.17) is 0 Å².